The minimum Gasteiger partial charge on any atom is -0.462 e. The molecule has 0 saturated carbocycles. The third-order valence-corrected chi connectivity index (χ3v) is 10.9. The van der Waals surface area contributed by atoms with Crippen molar-refractivity contribution >= 4 is 23.9 Å². The van der Waals surface area contributed by atoms with Gasteiger partial charge in [0.2, 0.25) is 0 Å². The largest absolute Gasteiger partial charge is 0.462 e. The van der Waals surface area contributed by atoms with E-state index >= 15 is 0 Å². The van der Waals surface area contributed by atoms with Crippen LogP contribution in [0.5, 0.6) is 0 Å². The van der Waals surface area contributed by atoms with Gasteiger partial charge in [-0.2, -0.15) is 0 Å². The van der Waals surface area contributed by atoms with Gasteiger partial charge in [0.15, 0.2) is 0 Å². The van der Waals surface area contributed by atoms with Crippen LogP contribution in [0.25, 0.3) is 11.1 Å². The monoisotopic (exact) mass is 835 g/mol. The average molecular weight is 835 g/mol. The van der Waals surface area contributed by atoms with Crippen LogP contribution in [0.2, 0.25) is 0 Å². The van der Waals surface area contributed by atoms with Gasteiger partial charge in [-0.3, -0.25) is 0 Å². The molecule has 0 spiro atoms. The molecule has 8 nitrogen and oxygen atoms in total. The normalized spacial score (nSPS) is 11.5. The fourth-order valence-corrected chi connectivity index (χ4v) is 7.30. The van der Waals surface area contributed by atoms with Gasteiger partial charge in [0.05, 0.1) is 48.7 Å². The number of carbonyl (C=O) groups is 4. The van der Waals surface area contributed by atoms with Crippen molar-refractivity contribution in [2.24, 2.45) is 23.7 Å². The van der Waals surface area contributed by atoms with Crippen molar-refractivity contribution in [2.45, 2.75) is 184 Å². The van der Waals surface area contributed by atoms with Gasteiger partial charge in [0, 0.05) is 0 Å². The highest BCUT2D eigenvalue weighted by Gasteiger charge is 2.36. The topological polar surface area (TPSA) is 105 Å². The van der Waals surface area contributed by atoms with Gasteiger partial charge in [-0.05, 0) is 66.5 Å². The summed E-state index contributed by atoms with van der Waals surface area (Å²) >= 11 is 0. The van der Waals surface area contributed by atoms with Crippen molar-refractivity contribution in [3.63, 3.8) is 0 Å². The van der Waals surface area contributed by atoms with E-state index in [0.717, 1.165) is 103 Å². The van der Waals surface area contributed by atoms with Gasteiger partial charge in [-0.1, -0.05) is 188 Å². The van der Waals surface area contributed by atoms with E-state index in [0.29, 0.717) is 60.5 Å². The SMILES string of the molecule is CC(C)CCCCCCOC(=O)c1cc(-c2ccccc2)c(C(=O)OCCCCCCC(C)C)c(C(=O)OCCCCCCC(C)C)c1C(=O)OCCCCCCC(C)C. The molecule has 0 bridgehead atoms. The Kier molecular flexibility index (Phi) is 27.3. The van der Waals surface area contributed by atoms with Crippen molar-refractivity contribution in [1.29, 1.82) is 0 Å². The molecule has 8 heteroatoms. The van der Waals surface area contributed by atoms with Gasteiger partial charge < -0.3 is 18.9 Å². The molecule has 2 aromatic rings. The molecular formula is C52H82O8. The van der Waals surface area contributed by atoms with E-state index in [1.165, 1.54) is 6.07 Å². The smallest absolute Gasteiger partial charge is 0.339 e. The van der Waals surface area contributed by atoms with Crippen molar-refractivity contribution in [2.75, 3.05) is 26.4 Å². The highest BCUT2D eigenvalue weighted by molar-refractivity contribution is 6.18. The van der Waals surface area contributed by atoms with E-state index in [1.54, 1.807) is 12.1 Å². The van der Waals surface area contributed by atoms with Crippen LogP contribution < -0.4 is 0 Å². The Labute approximate surface area is 364 Å². The number of benzene rings is 2. The molecule has 0 fully saturated rings. The summed E-state index contributed by atoms with van der Waals surface area (Å²) in [5.41, 5.74) is 0.0289. The van der Waals surface area contributed by atoms with Crippen molar-refractivity contribution in [3.05, 3.63) is 58.7 Å². The van der Waals surface area contributed by atoms with Crippen molar-refractivity contribution in [3.8, 4) is 11.1 Å². The van der Waals surface area contributed by atoms with Gasteiger partial charge in [-0.25, -0.2) is 19.2 Å². The molecule has 60 heavy (non-hydrogen) atoms. The summed E-state index contributed by atoms with van der Waals surface area (Å²) in [5, 5.41) is 0. The minimum absolute atomic E-state index is 0.0996. The molecule has 0 heterocycles. The van der Waals surface area contributed by atoms with Gasteiger partial charge in [0.1, 0.15) is 0 Å². The summed E-state index contributed by atoms with van der Waals surface area (Å²) in [4.78, 5) is 57.3. The molecule has 0 N–H and O–H groups in total. The molecule has 2 aromatic carbocycles. The number of hydrogen-bond donors (Lipinski definition) is 0. The fraction of sp³-hybridized carbons (Fsp3) is 0.692. The maximum atomic E-state index is 14.5. The van der Waals surface area contributed by atoms with Crippen LogP contribution in [-0.4, -0.2) is 50.3 Å². The van der Waals surface area contributed by atoms with E-state index in [1.807, 2.05) is 18.2 Å². The average Bonchev–Trinajstić information content (AvgIpc) is 3.20. The third kappa shape index (κ3) is 21.7. The molecular weight excluding hydrogens is 753 g/mol. The zero-order valence-corrected chi connectivity index (χ0v) is 39.0. The van der Waals surface area contributed by atoms with Crippen molar-refractivity contribution in [1.82, 2.24) is 0 Å². The molecule has 338 valence electrons. The lowest BCUT2D eigenvalue weighted by Crippen LogP contribution is -2.25. The van der Waals surface area contributed by atoms with Crippen LogP contribution in [0.4, 0.5) is 0 Å². The van der Waals surface area contributed by atoms with Crippen molar-refractivity contribution < 1.29 is 38.1 Å². The molecule has 0 unspecified atom stereocenters. The molecule has 0 radical (unpaired) electrons. The first-order chi connectivity index (χ1) is 28.8. The van der Waals surface area contributed by atoms with Crippen LogP contribution in [0.1, 0.15) is 225 Å². The van der Waals surface area contributed by atoms with E-state index in [9.17, 15) is 19.2 Å². The number of ether oxygens (including phenoxy) is 4. The van der Waals surface area contributed by atoms with Crippen LogP contribution in [-0.2, 0) is 18.9 Å². The highest BCUT2D eigenvalue weighted by Crippen LogP contribution is 2.34. The number of esters is 4. The summed E-state index contributed by atoms with van der Waals surface area (Å²) in [6.07, 6.45) is 19.2. The van der Waals surface area contributed by atoms with Crippen LogP contribution in [0.3, 0.4) is 0 Å². The zero-order valence-electron chi connectivity index (χ0n) is 39.0. The van der Waals surface area contributed by atoms with Gasteiger partial charge >= 0.3 is 23.9 Å². The number of carbonyl (C=O) groups excluding carboxylic acids is 4. The van der Waals surface area contributed by atoms with Gasteiger partial charge in [0.25, 0.3) is 0 Å². The van der Waals surface area contributed by atoms with E-state index in [2.05, 4.69) is 55.4 Å². The lowest BCUT2D eigenvalue weighted by molar-refractivity contribution is 0.0415. The predicted octanol–water partition coefficient (Wildman–Crippen LogP) is 14.4. The summed E-state index contributed by atoms with van der Waals surface area (Å²) in [6.45, 7) is 18.2. The summed E-state index contributed by atoms with van der Waals surface area (Å²) in [5.74, 6) is -0.706. The molecule has 0 aromatic heterocycles. The molecule has 0 atom stereocenters. The minimum atomic E-state index is -0.865. The fourth-order valence-electron chi connectivity index (χ4n) is 7.30. The molecule has 0 aliphatic rings. The zero-order chi connectivity index (χ0) is 44.1. The third-order valence-electron chi connectivity index (χ3n) is 10.9. The van der Waals surface area contributed by atoms with E-state index in [-0.39, 0.29) is 48.7 Å². The second-order valence-electron chi connectivity index (χ2n) is 18.4. The first kappa shape index (κ1) is 52.5. The summed E-state index contributed by atoms with van der Waals surface area (Å²) in [7, 11) is 0. The molecule has 0 aliphatic carbocycles. The Morgan fingerprint density at radius 1 is 0.383 bits per heavy atom. The van der Waals surface area contributed by atoms with Crippen LogP contribution >= 0.6 is 0 Å². The molecule has 0 amide bonds. The first-order valence-corrected chi connectivity index (χ1v) is 23.8. The maximum Gasteiger partial charge on any atom is 0.339 e. The summed E-state index contributed by atoms with van der Waals surface area (Å²) in [6, 6.07) is 10.6. The number of rotatable bonds is 33. The molecule has 2 rings (SSSR count). The van der Waals surface area contributed by atoms with Crippen LogP contribution in [0.15, 0.2) is 36.4 Å². The van der Waals surface area contributed by atoms with E-state index < -0.39 is 23.9 Å². The maximum absolute atomic E-state index is 14.5. The second kappa shape index (κ2) is 31.2. The lowest BCUT2D eigenvalue weighted by atomic mass is 9.88. The quantitative estimate of drug-likeness (QED) is 0.0398. The molecule has 0 aliphatic heterocycles. The molecule has 0 saturated heterocycles. The standard InChI is InChI=1S/C52H82O8/c1-39(2)28-18-9-13-24-34-57-49(53)45-38-44(43-32-22-17-23-33-43)46(50(54)58-35-25-14-10-19-29-40(3)4)48(52(56)60-37-27-16-12-21-31-42(7)8)47(45)51(55)59-36-26-15-11-20-30-41(5)6/h17,22-23,32-33,38-42H,9-16,18-21,24-31,34-37H2,1-8H3. The Hall–Kier alpha value is -3.68. The Bertz CT molecular complexity index is 1510. The summed E-state index contributed by atoms with van der Waals surface area (Å²) < 4.78 is 23.5. The van der Waals surface area contributed by atoms with Crippen LogP contribution in [0, 0.1) is 23.7 Å². The number of unbranched alkanes of at least 4 members (excludes halogenated alkanes) is 12. The lowest BCUT2D eigenvalue weighted by Gasteiger charge is -2.20. The first-order valence-electron chi connectivity index (χ1n) is 23.8. The Morgan fingerprint density at radius 3 is 1.07 bits per heavy atom. The Morgan fingerprint density at radius 2 is 0.700 bits per heavy atom. The van der Waals surface area contributed by atoms with Gasteiger partial charge in [-0.15, -0.1) is 0 Å². The highest BCUT2D eigenvalue weighted by atomic mass is 16.5. The Balaban J connectivity index is 2.59. The second-order valence-corrected chi connectivity index (χ2v) is 18.4. The number of hydrogen-bond acceptors (Lipinski definition) is 8. The predicted molar refractivity (Wildman–Crippen MR) is 245 cm³/mol. The van der Waals surface area contributed by atoms with E-state index in [4.69, 9.17) is 18.9 Å².